The van der Waals surface area contributed by atoms with E-state index in [1.165, 1.54) is 12.1 Å². The van der Waals surface area contributed by atoms with Gasteiger partial charge in [-0.25, -0.2) is 0 Å². The quantitative estimate of drug-likeness (QED) is 0.852. The molecule has 0 saturated heterocycles. The first-order valence-electron chi connectivity index (χ1n) is 6.36. The maximum absolute atomic E-state index is 12.2. The molecule has 0 spiro atoms. The second kappa shape index (κ2) is 4.52. The zero-order valence-corrected chi connectivity index (χ0v) is 11.2. The summed E-state index contributed by atoms with van der Waals surface area (Å²) in [6.07, 6.45) is 5.20. The highest BCUT2D eigenvalue weighted by molar-refractivity contribution is 6.14. The van der Waals surface area contributed by atoms with Gasteiger partial charge in [0.2, 0.25) is 5.78 Å². The average Bonchev–Trinajstić information content (AvgIpc) is 2.96. The summed E-state index contributed by atoms with van der Waals surface area (Å²) >= 11 is 0. The minimum absolute atomic E-state index is 0.0745. The summed E-state index contributed by atoms with van der Waals surface area (Å²) < 4.78 is 7.30. The first-order chi connectivity index (χ1) is 9.54. The number of carbonyl (C=O) groups excluding carboxylic acids is 1. The molecule has 5 heteroatoms. The number of phenols is 1. The number of benzene rings is 1. The van der Waals surface area contributed by atoms with Crippen LogP contribution in [0, 0.1) is 0 Å². The third-order valence-electron chi connectivity index (χ3n) is 3.10. The van der Waals surface area contributed by atoms with Crippen LogP contribution in [0.3, 0.4) is 0 Å². The van der Waals surface area contributed by atoms with E-state index < -0.39 is 0 Å². The van der Waals surface area contributed by atoms with E-state index in [-0.39, 0.29) is 23.3 Å². The van der Waals surface area contributed by atoms with Crippen molar-refractivity contribution >= 4 is 11.9 Å². The lowest BCUT2D eigenvalue weighted by atomic mass is 10.1. The average molecular weight is 270 g/mol. The molecule has 1 N–H and O–H groups in total. The fourth-order valence-electron chi connectivity index (χ4n) is 2.04. The lowest BCUT2D eigenvalue weighted by molar-refractivity contribution is 0.101. The van der Waals surface area contributed by atoms with Crippen molar-refractivity contribution < 1.29 is 14.6 Å². The number of aromatic nitrogens is 2. The number of Topliss-reactive ketones (excluding diaryl/α,β-unsaturated/α-hetero) is 1. The van der Waals surface area contributed by atoms with Gasteiger partial charge in [-0.15, -0.1) is 0 Å². The van der Waals surface area contributed by atoms with Gasteiger partial charge in [-0.05, 0) is 32.1 Å². The molecule has 0 bridgehead atoms. The Morgan fingerprint density at radius 2 is 2.20 bits per heavy atom. The highest BCUT2D eigenvalue weighted by Crippen LogP contribution is 2.34. The van der Waals surface area contributed by atoms with E-state index >= 15 is 0 Å². The number of fused-ring (bicyclic) bond motifs is 1. The lowest BCUT2D eigenvalue weighted by Gasteiger charge is -2.02. The molecule has 1 aliphatic rings. The molecule has 0 radical (unpaired) electrons. The SMILES string of the molecule is CC(C)n1cc(/C=C2\Oc3cc(O)ccc3C2=O)cn1. The molecule has 2 heterocycles. The van der Waals surface area contributed by atoms with Gasteiger partial charge in [0.15, 0.2) is 5.76 Å². The van der Waals surface area contributed by atoms with E-state index in [1.807, 2.05) is 24.7 Å². The van der Waals surface area contributed by atoms with Crippen LogP contribution in [0.25, 0.3) is 6.08 Å². The number of ketones is 1. The van der Waals surface area contributed by atoms with Gasteiger partial charge in [-0.3, -0.25) is 9.48 Å². The summed E-state index contributed by atoms with van der Waals surface area (Å²) in [4.78, 5) is 12.2. The van der Waals surface area contributed by atoms with Crippen molar-refractivity contribution in [2.24, 2.45) is 0 Å². The number of carbonyl (C=O) groups is 1. The number of rotatable bonds is 2. The number of phenolic OH excluding ortho intramolecular Hbond substituents is 1. The van der Waals surface area contributed by atoms with E-state index in [0.29, 0.717) is 11.3 Å². The number of hydrogen-bond acceptors (Lipinski definition) is 4. The minimum atomic E-state index is -0.183. The van der Waals surface area contributed by atoms with Crippen molar-refractivity contribution in [1.82, 2.24) is 9.78 Å². The van der Waals surface area contributed by atoms with Crippen molar-refractivity contribution in [3.8, 4) is 11.5 Å². The van der Waals surface area contributed by atoms with Gasteiger partial charge < -0.3 is 9.84 Å². The fourth-order valence-corrected chi connectivity index (χ4v) is 2.04. The lowest BCUT2D eigenvalue weighted by Crippen LogP contribution is -2.00. The molecule has 2 aromatic rings. The molecule has 3 rings (SSSR count). The predicted octanol–water partition coefficient (Wildman–Crippen LogP) is 2.79. The Kier molecular flexibility index (Phi) is 2.82. The summed E-state index contributed by atoms with van der Waals surface area (Å²) in [6, 6.07) is 4.73. The standard InChI is InChI=1S/C15H14N2O3/c1-9(2)17-8-10(7-16-17)5-14-15(19)12-4-3-11(18)6-13(12)20-14/h3-9,18H,1-2H3/b14-5-. The zero-order valence-electron chi connectivity index (χ0n) is 11.2. The van der Waals surface area contributed by atoms with E-state index in [1.54, 1.807) is 18.3 Å². The molecule has 1 aromatic heterocycles. The topological polar surface area (TPSA) is 64.3 Å². The van der Waals surface area contributed by atoms with Gasteiger partial charge >= 0.3 is 0 Å². The summed E-state index contributed by atoms with van der Waals surface area (Å²) in [6.45, 7) is 4.06. The van der Waals surface area contributed by atoms with E-state index in [4.69, 9.17) is 4.74 Å². The number of nitrogens with zero attached hydrogens (tertiary/aromatic N) is 2. The van der Waals surface area contributed by atoms with Gasteiger partial charge in [-0.2, -0.15) is 5.10 Å². The van der Waals surface area contributed by atoms with Gasteiger partial charge in [0, 0.05) is 23.9 Å². The molecule has 5 nitrogen and oxygen atoms in total. The first kappa shape index (κ1) is 12.5. The molecule has 1 aliphatic heterocycles. The van der Waals surface area contributed by atoms with Crippen molar-refractivity contribution in [3.63, 3.8) is 0 Å². The van der Waals surface area contributed by atoms with Crippen LogP contribution in [0.5, 0.6) is 11.5 Å². The van der Waals surface area contributed by atoms with Crippen molar-refractivity contribution in [1.29, 1.82) is 0 Å². The number of hydrogen-bond donors (Lipinski definition) is 1. The summed E-state index contributed by atoms with van der Waals surface area (Å²) in [5, 5.41) is 13.6. The van der Waals surface area contributed by atoms with Crippen molar-refractivity contribution in [2.75, 3.05) is 0 Å². The molecule has 0 fully saturated rings. The third kappa shape index (κ3) is 2.07. The Balaban J connectivity index is 1.92. The Hall–Kier alpha value is -2.56. The maximum Gasteiger partial charge on any atom is 0.231 e. The van der Waals surface area contributed by atoms with Crippen LogP contribution in [0.15, 0.2) is 36.4 Å². The number of allylic oxidation sites excluding steroid dienone is 1. The molecule has 0 aliphatic carbocycles. The van der Waals surface area contributed by atoms with E-state index in [0.717, 1.165) is 5.56 Å². The highest BCUT2D eigenvalue weighted by atomic mass is 16.5. The number of aromatic hydroxyl groups is 1. The van der Waals surface area contributed by atoms with Crippen LogP contribution in [0.2, 0.25) is 0 Å². The summed E-state index contributed by atoms with van der Waals surface area (Å²) in [5.74, 6) is 0.522. The Bertz CT molecular complexity index is 714. The van der Waals surface area contributed by atoms with Gasteiger partial charge in [0.25, 0.3) is 0 Å². The Morgan fingerprint density at radius 3 is 2.90 bits per heavy atom. The third-order valence-corrected chi connectivity index (χ3v) is 3.10. The molecule has 0 saturated carbocycles. The van der Waals surface area contributed by atoms with Crippen LogP contribution in [0.4, 0.5) is 0 Å². The normalized spacial score (nSPS) is 15.8. The van der Waals surface area contributed by atoms with Gasteiger partial charge in [-0.1, -0.05) is 0 Å². The Morgan fingerprint density at radius 1 is 1.40 bits per heavy atom. The largest absolute Gasteiger partial charge is 0.508 e. The summed E-state index contributed by atoms with van der Waals surface area (Å²) in [7, 11) is 0. The second-order valence-electron chi connectivity index (χ2n) is 4.97. The molecule has 102 valence electrons. The smallest absolute Gasteiger partial charge is 0.231 e. The van der Waals surface area contributed by atoms with Gasteiger partial charge in [0.1, 0.15) is 11.5 Å². The predicted molar refractivity (Wildman–Crippen MR) is 73.7 cm³/mol. The molecule has 1 aromatic carbocycles. The van der Waals surface area contributed by atoms with E-state index in [2.05, 4.69) is 5.10 Å². The number of ether oxygens (including phenoxy) is 1. The second-order valence-corrected chi connectivity index (χ2v) is 4.97. The van der Waals surface area contributed by atoms with Gasteiger partial charge in [0.05, 0.1) is 11.8 Å². The fraction of sp³-hybridized carbons (Fsp3) is 0.200. The van der Waals surface area contributed by atoms with Crippen molar-refractivity contribution in [3.05, 3.63) is 47.5 Å². The molecular weight excluding hydrogens is 256 g/mol. The van der Waals surface area contributed by atoms with Crippen molar-refractivity contribution in [2.45, 2.75) is 19.9 Å². The van der Waals surface area contributed by atoms with E-state index in [9.17, 15) is 9.90 Å². The molecule has 0 amide bonds. The van der Waals surface area contributed by atoms with Crippen LogP contribution >= 0.6 is 0 Å². The molecule has 0 atom stereocenters. The molecular formula is C15H14N2O3. The van der Waals surface area contributed by atoms with Crippen LogP contribution in [-0.2, 0) is 0 Å². The monoisotopic (exact) mass is 270 g/mol. The van der Waals surface area contributed by atoms with Crippen LogP contribution in [0.1, 0.15) is 35.8 Å². The molecule has 0 unspecified atom stereocenters. The van der Waals surface area contributed by atoms with Crippen LogP contribution < -0.4 is 4.74 Å². The van der Waals surface area contributed by atoms with Crippen LogP contribution in [-0.4, -0.2) is 20.7 Å². The summed E-state index contributed by atoms with van der Waals surface area (Å²) in [5.41, 5.74) is 1.27. The maximum atomic E-state index is 12.2. The molecule has 20 heavy (non-hydrogen) atoms. The zero-order chi connectivity index (χ0) is 14.3. The first-order valence-corrected chi connectivity index (χ1v) is 6.36. The highest BCUT2D eigenvalue weighted by Gasteiger charge is 2.27. The Labute approximate surface area is 116 Å². The minimum Gasteiger partial charge on any atom is -0.508 e.